The molecule has 1 amide bonds. The van der Waals surface area contributed by atoms with E-state index in [1.54, 1.807) is 12.1 Å². The number of alkyl halides is 1. The van der Waals surface area contributed by atoms with Gasteiger partial charge >= 0.3 is 6.09 Å². The van der Waals surface area contributed by atoms with Crippen molar-refractivity contribution in [2.75, 3.05) is 13.2 Å². The zero-order valence-corrected chi connectivity index (χ0v) is 17.6. The van der Waals surface area contributed by atoms with Crippen molar-refractivity contribution in [2.45, 2.75) is 38.3 Å². The summed E-state index contributed by atoms with van der Waals surface area (Å²) in [5.74, 6) is 0.282. The van der Waals surface area contributed by atoms with Gasteiger partial charge in [0.1, 0.15) is 6.17 Å². The van der Waals surface area contributed by atoms with Crippen LogP contribution in [0.2, 0.25) is 5.02 Å². The van der Waals surface area contributed by atoms with Gasteiger partial charge in [0.2, 0.25) is 0 Å². The van der Waals surface area contributed by atoms with E-state index < -0.39 is 12.3 Å². The normalized spacial score (nSPS) is 13.0. The number of hydrogen-bond donors (Lipinski definition) is 1. The molecular formula is C21H24BrClFNO2. The minimum Gasteiger partial charge on any atom is -0.450 e. The fraction of sp³-hybridized carbons (Fsp3) is 0.381. The Kier molecular flexibility index (Phi) is 9.08. The number of rotatable bonds is 9. The van der Waals surface area contributed by atoms with Crippen molar-refractivity contribution in [3.63, 3.8) is 0 Å². The lowest BCUT2D eigenvalue weighted by Gasteiger charge is -2.13. The number of halogens is 3. The summed E-state index contributed by atoms with van der Waals surface area (Å²) in [6.07, 6.45) is -0.255. The molecule has 2 aromatic rings. The second-order valence-corrected chi connectivity index (χ2v) is 7.88. The summed E-state index contributed by atoms with van der Waals surface area (Å²) in [5.41, 5.74) is 2.08. The molecule has 0 saturated heterocycles. The van der Waals surface area contributed by atoms with Crippen LogP contribution in [0, 0.1) is 0 Å². The standard InChI is InChI=1S/C21H24BrClFNO2/c1-15(17-3-2-4-18(22)14-17)10-12-27-21(26)25-11-9-20(24)13-16-5-7-19(23)8-6-16/h2-8,14-15,20H,9-13H2,1H3,(H,25,26). The number of carbonyl (C=O) groups is 1. The molecule has 0 aliphatic heterocycles. The van der Waals surface area contributed by atoms with Crippen LogP contribution in [0.5, 0.6) is 0 Å². The Labute approximate surface area is 173 Å². The van der Waals surface area contributed by atoms with Gasteiger partial charge in [-0.2, -0.15) is 0 Å². The van der Waals surface area contributed by atoms with E-state index in [9.17, 15) is 9.18 Å². The van der Waals surface area contributed by atoms with Crippen LogP contribution in [0.15, 0.2) is 53.0 Å². The van der Waals surface area contributed by atoms with Crippen LogP contribution in [0.3, 0.4) is 0 Å². The minimum atomic E-state index is -1.02. The number of hydrogen-bond acceptors (Lipinski definition) is 2. The van der Waals surface area contributed by atoms with Crippen molar-refractivity contribution in [1.29, 1.82) is 0 Å². The molecule has 0 heterocycles. The third kappa shape index (κ3) is 8.31. The first-order valence-electron chi connectivity index (χ1n) is 8.98. The lowest BCUT2D eigenvalue weighted by Crippen LogP contribution is -2.28. The lowest BCUT2D eigenvalue weighted by molar-refractivity contribution is 0.142. The van der Waals surface area contributed by atoms with E-state index in [1.165, 1.54) is 5.56 Å². The molecule has 0 radical (unpaired) electrons. The van der Waals surface area contributed by atoms with Crippen LogP contribution < -0.4 is 5.32 Å². The summed E-state index contributed by atoms with van der Waals surface area (Å²) in [4.78, 5) is 11.7. The van der Waals surface area contributed by atoms with Gasteiger partial charge in [0, 0.05) is 22.5 Å². The average Bonchev–Trinajstić information content (AvgIpc) is 2.63. The summed E-state index contributed by atoms with van der Waals surface area (Å²) in [5, 5.41) is 3.23. The first kappa shape index (κ1) is 21.7. The van der Waals surface area contributed by atoms with Gasteiger partial charge in [0.25, 0.3) is 0 Å². The number of benzene rings is 2. The number of nitrogens with one attached hydrogen (secondary N) is 1. The number of carbonyl (C=O) groups excluding carboxylic acids is 1. The van der Waals surface area contributed by atoms with E-state index in [4.69, 9.17) is 16.3 Å². The quantitative estimate of drug-likeness (QED) is 0.481. The highest BCUT2D eigenvalue weighted by Gasteiger charge is 2.11. The van der Waals surface area contributed by atoms with Crippen LogP contribution in [-0.4, -0.2) is 25.4 Å². The predicted molar refractivity (Wildman–Crippen MR) is 111 cm³/mol. The number of ether oxygens (including phenoxy) is 1. The summed E-state index contributed by atoms with van der Waals surface area (Å²) in [7, 11) is 0. The van der Waals surface area contributed by atoms with Gasteiger partial charge in [-0.3, -0.25) is 0 Å². The predicted octanol–water partition coefficient (Wildman–Crippen LogP) is 6.29. The van der Waals surface area contributed by atoms with Crippen molar-refractivity contribution >= 4 is 33.6 Å². The highest BCUT2D eigenvalue weighted by Crippen LogP contribution is 2.22. The lowest BCUT2D eigenvalue weighted by atomic mass is 9.98. The Balaban J connectivity index is 1.59. The van der Waals surface area contributed by atoms with Gasteiger partial charge in [-0.05, 0) is 54.2 Å². The van der Waals surface area contributed by atoms with E-state index in [2.05, 4.69) is 40.3 Å². The highest BCUT2D eigenvalue weighted by molar-refractivity contribution is 9.10. The molecule has 0 aliphatic rings. The molecule has 146 valence electrons. The fourth-order valence-corrected chi connectivity index (χ4v) is 3.21. The summed E-state index contributed by atoms with van der Waals surface area (Å²) in [6.45, 7) is 2.66. The SMILES string of the molecule is CC(CCOC(=O)NCCC(F)Cc1ccc(Cl)cc1)c1cccc(Br)c1. The van der Waals surface area contributed by atoms with Crippen LogP contribution in [0.25, 0.3) is 0 Å². The Hall–Kier alpha value is -1.59. The molecule has 0 saturated carbocycles. The van der Waals surface area contributed by atoms with Crippen molar-refractivity contribution in [1.82, 2.24) is 5.32 Å². The molecule has 0 aliphatic carbocycles. The van der Waals surface area contributed by atoms with Gasteiger partial charge in [-0.25, -0.2) is 9.18 Å². The molecule has 0 aromatic heterocycles. The second-order valence-electron chi connectivity index (χ2n) is 6.52. The molecule has 0 spiro atoms. The zero-order chi connectivity index (χ0) is 19.6. The minimum absolute atomic E-state index is 0.242. The van der Waals surface area contributed by atoms with Crippen molar-refractivity contribution < 1.29 is 13.9 Å². The van der Waals surface area contributed by atoms with Crippen LogP contribution in [0.1, 0.15) is 36.8 Å². The van der Waals surface area contributed by atoms with Gasteiger partial charge < -0.3 is 10.1 Å². The van der Waals surface area contributed by atoms with Crippen molar-refractivity contribution in [3.05, 3.63) is 69.2 Å². The topological polar surface area (TPSA) is 38.3 Å². The molecule has 6 heteroatoms. The largest absolute Gasteiger partial charge is 0.450 e. The van der Waals surface area contributed by atoms with Crippen LogP contribution >= 0.6 is 27.5 Å². The zero-order valence-electron chi connectivity index (χ0n) is 15.3. The van der Waals surface area contributed by atoms with E-state index in [-0.39, 0.29) is 18.9 Å². The third-order valence-corrected chi connectivity index (χ3v) is 5.04. The van der Waals surface area contributed by atoms with E-state index in [0.717, 1.165) is 16.5 Å². The third-order valence-electron chi connectivity index (χ3n) is 4.30. The monoisotopic (exact) mass is 455 g/mol. The number of alkyl carbamates (subject to hydrolysis) is 1. The Morgan fingerprint density at radius 2 is 1.96 bits per heavy atom. The van der Waals surface area contributed by atoms with Gasteiger partial charge in [0.05, 0.1) is 6.61 Å². The summed E-state index contributed by atoms with van der Waals surface area (Å²) >= 11 is 9.27. The first-order valence-corrected chi connectivity index (χ1v) is 10.2. The molecule has 2 rings (SSSR count). The van der Waals surface area contributed by atoms with Gasteiger partial charge in [0.15, 0.2) is 0 Å². The molecule has 0 fully saturated rings. The molecule has 2 atom stereocenters. The maximum Gasteiger partial charge on any atom is 0.407 e. The van der Waals surface area contributed by atoms with Crippen molar-refractivity contribution in [2.24, 2.45) is 0 Å². The molecule has 2 aromatic carbocycles. The van der Waals surface area contributed by atoms with Crippen molar-refractivity contribution in [3.8, 4) is 0 Å². The molecule has 27 heavy (non-hydrogen) atoms. The average molecular weight is 457 g/mol. The highest BCUT2D eigenvalue weighted by atomic mass is 79.9. The maximum absolute atomic E-state index is 14.0. The Bertz CT molecular complexity index is 726. The number of amides is 1. The summed E-state index contributed by atoms with van der Waals surface area (Å²) in [6, 6.07) is 15.2. The molecule has 0 bridgehead atoms. The first-order chi connectivity index (χ1) is 12.9. The Morgan fingerprint density at radius 1 is 1.22 bits per heavy atom. The molecule has 3 nitrogen and oxygen atoms in total. The van der Waals surface area contributed by atoms with Crippen LogP contribution in [-0.2, 0) is 11.2 Å². The van der Waals surface area contributed by atoms with E-state index >= 15 is 0 Å². The van der Waals surface area contributed by atoms with Gasteiger partial charge in [-0.1, -0.05) is 58.7 Å². The van der Waals surface area contributed by atoms with E-state index in [0.29, 0.717) is 18.1 Å². The molecular weight excluding hydrogens is 433 g/mol. The van der Waals surface area contributed by atoms with Gasteiger partial charge in [-0.15, -0.1) is 0 Å². The summed E-state index contributed by atoms with van der Waals surface area (Å²) < 4.78 is 20.2. The molecule has 2 unspecified atom stereocenters. The smallest absolute Gasteiger partial charge is 0.407 e. The maximum atomic E-state index is 14.0. The molecule has 1 N–H and O–H groups in total. The van der Waals surface area contributed by atoms with Crippen LogP contribution in [0.4, 0.5) is 9.18 Å². The second kappa shape index (κ2) is 11.3. The Morgan fingerprint density at radius 3 is 2.67 bits per heavy atom. The van der Waals surface area contributed by atoms with E-state index in [1.807, 2.05) is 24.3 Å². The fourth-order valence-electron chi connectivity index (χ4n) is 2.67.